The van der Waals surface area contributed by atoms with Crippen molar-refractivity contribution in [2.24, 2.45) is 0 Å². The molecule has 1 N–H and O–H groups in total. The highest BCUT2D eigenvalue weighted by Gasteiger charge is 2.27. The lowest BCUT2D eigenvalue weighted by Gasteiger charge is -2.27. The number of hydrogen-bond donors (Lipinski definition) is 1. The van der Waals surface area contributed by atoms with Crippen LogP contribution in [-0.2, 0) is 10.8 Å². The molecule has 0 amide bonds. The Morgan fingerprint density at radius 3 is 2.24 bits per heavy atom. The van der Waals surface area contributed by atoms with E-state index in [1.165, 1.54) is 0 Å². The van der Waals surface area contributed by atoms with Crippen molar-refractivity contribution in [2.75, 3.05) is 0 Å². The summed E-state index contributed by atoms with van der Waals surface area (Å²) in [5, 5.41) is 17.6. The van der Waals surface area contributed by atoms with Crippen LogP contribution in [0.15, 0.2) is 85.1 Å². The number of rotatable bonds is 4. The van der Waals surface area contributed by atoms with Crippen LogP contribution >= 0.6 is 0 Å². The molecule has 188 valence electrons. The monoisotopic (exact) mass is 491 g/mol. The summed E-state index contributed by atoms with van der Waals surface area (Å²) >= 11 is 0. The van der Waals surface area contributed by atoms with E-state index in [1.54, 1.807) is 6.20 Å². The first-order chi connectivity index (χ1) is 17.5. The molecular formula is C32H33N3O2. The zero-order chi connectivity index (χ0) is 26.4. The Balaban J connectivity index is 1.70. The maximum atomic E-state index is 11.5. The van der Waals surface area contributed by atoms with Crippen LogP contribution in [0.3, 0.4) is 0 Å². The van der Waals surface area contributed by atoms with E-state index >= 15 is 0 Å². The van der Waals surface area contributed by atoms with Crippen LogP contribution in [0.1, 0.15) is 52.7 Å². The predicted molar refractivity (Wildman–Crippen MR) is 150 cm³/mol. The minimum Gasteiger partial charge on any atom is -0.505 e. The van der Waals surface area contributed by atoms with Gasteiger partial charge in [-0.25, -0.2) is 9.67 Å². The molecule has 0 bridgehead atoms. The Bertz CT molecular complexity index is 1570. The molecule has 0 unspecified atom stereocenters. The average molecular weight is 492 g/mol. The number of benzene rings is 3. The number of aromatic nitrogens is 3. The van der Waals surface area contributed by atoms with Crippen molar-refractivity contribution < 1.29 is 9.84 Å². The molecule has 0 aliphatic carbocycles. The molecule has 0 spiro atoms. The van der Waals surface area contributed by atoms with E-state index in [2.05, 4.69) is 64.7 Å². The summed E-state index contributed by atoms with van der Waals surface area (Å²) in [6, 6.07) is 25.8. The molecule has 0 aliphatic rings. The van der Waals surface area contributed by atoms with Crippen molar-refractivity contribution in [1.29, 1.82) is 0 Å². The minimum atomic E-state index is -0.233. The van der Waals surface area contributed by atoms with E-state index in [-0.39, 0.29) is 16.6 Å². The lowest BCUT2D eigenvalue weighted by atomic mass is 9.79. The normalized spacial score (nSPS) is 12.2. The van der Waals surface area contributed by atoms with Crippen molar-refractivity contribution in [3.05, 3.63) is 96.2 Å². The fourth-order valence-electron chi connectivity index (χ4n) is 4.48. The number of hydrogen-bond acceptors (Lipinski definition) is 4. The third-order valence-corrected chi connectivity index (χ3v) is 6.55. The molecule has 0 aliphatic heterocycles. The number of ether oxygens (including phenoxy) is 1. The van der Waals surface area contributed by atoms with Crippen molar-refractivity contribution in [3.8, 4) is 34.3 Å². The molecule has 5 heteroatoms. The average Bonchev–Trinajstić information content (AvgIpc) is 3.23. The Morgan fingerprint density at radius 1 is 0.784 bits per heavy atom. The number of phenolic OH excluding ortho intramolecular Hbond substituents is 1. The maximum absolute atomic E-state index is 11.5. The first-order valence-electron chi connectivity index (χ1n) is 12.6. The summed E-state index contributed by atoms with van der Waals surface area (Å²) in [4.78, 5) is 4.27. The second-order valence-corrected chi connectivity index (χ2v) is 11.5. The molecule has 0 radical (unpaired) electrons. The molecular weight excluding hydrogens is 458 g/mol. The Morgan fingerprint density at radius 2 is 1.54 bits per heavy atom. The van der Waals surface area contributed by atoms with E-state index in [0.29, 0.717) is 17.3 Å². The van der Waals surface area contributed by atoms with Crippen LogP contribution in [0.2, 0.25) is 0 Å². The quantitative estimate of drug-likeness (QED) is 0.275. The lowest BCUT2D eigenvalue weighted by molar-refractivity contribution is 0.441. The van der Waals surface area contributed by atoms with Gasteiger partial charge in [-0.15, -0.1) is 0 Å². The van der Waals surface area contributed by atoms with Gasteiger partial charge < -0.3 is 9.84 Å². The molecule has 0 saturated carbocycles. The highest BCUT2D eigenvalue weighted by molar-refractivity contribution is 5.94. The third-order valence-electron chi connectivity index (χ3n) is 6.55. The minimum absolute atomic E-state index is 0.0919. The summed E-state index contributed by atoms with van der Waals surface area (Å²) in [6.07, 6.45) is 1.71. The summed E-state index contributed by atoms with van der Waals surface area (Å²) < 4.78 is 7.86. The van der Waals surface area contributed by atoms with Gasteiger partial charge in [-0.1, -0.05) is 84.0 Å². The molecule has 2 heterocycles. The zero-order valence-corrected chi connectivity index (χ0v) is 22.3. The first-order valence-corrected chi connectivity index (χ1v) is 12.6. The van der Waals surface area contributed by atoms with E-state index in [1.807, 2.05) is 65.3 Å². The van der Waals surface area contributed by atoms with Crippen molar-refractivity contribution >= 4 is 10.9 Å². The van der Waals surface area contributed by atoms with Crippen molar-refractivity contribution in [1.82, 2.24) is 14.8 Å². The second kappa shape index (κ2) is 9.07. The number of aromatic hydroxyl groups is 1. The van der Waals surface area contributed by atoms with Gasteiger partial charge in [0.2, 0.25) is 5.88 Å². The van der Waals surface area contributed by atoms with E-state index in [9.17, 15) is 5.11 Å². The highest BCUT2D eigenvalue weighted by Crippen LogP contribution is 2.41. The van der Waals surface area contributed by atoms with E-state index in [0.717, 1.165) is 33.3 Å². The molecule has 0 saturated heterocycles. The largest absolute Gasteiger partial charge is 0.505 e. The number of phenols is 1. The van der Waals surface area contributed by atoms with Gasteiger partial charge in [-0.2, -0.15) is 5.10 Å². The van der Waals surface area contributed by atoms with Gasteiger partial charge in [0.05, 0.1) is 5.52 Å². The molecule has 37 heavy (non-hydrogen) atoms. The number of para-hydroxylation sites is 1. The molecule has 3 aromatic carbocycles. The molecule has 0 atom stereocenters. The fraction of sp³-hybridized carbons (Fsp3) is 0.250. The number of nitrogens with zero attached hydrogens (tertiary/aromatic N) is 3. The number of fused-ring (bicyclic) bond motifs is 1. The van der Waals surface area contributed by atoms with Crippen LogP contribution in [0.25, 0.3) is 27.8 Å². The molecule has 0 fully saturated rings. The molecule has 5 aromatic rings. The summed E-state index contributed by atoms with van der Waals surface area (Å²) in [5.74, 6) is 1.48. The summed E-state index contributed by atoms with van der Waals surface area (Å²) in [7, 11) is 0. The first kappa shape index (κ1) is 24.6. The standard InChI is InChI=1S/C32H33N3O2/c1-31(2,3)22-19-25(32(4,5)6)30(36)27(20-22)35-26-15-8-7-14-24(26)29(34-35)21-12-11-13-23(18-21)37-28-16-9-10-17-33-28/h7-20,36H,1-6H3. The summed E-state index contributed by atoms with van der Waals surface area (Å²) in [6.45, 7) is 12.9. The Kier molecular flexibility index (Phi) is 6.03. The lowest BCUT2D eigenvalue weighted by Crippen LogP contribution is -2.18. The van der Waals surface area contributed by atoms with Gasteiger partial charge in [0.1, 0.15) is 22.9 Å². The van der Waals surface area contributed by atoms with Crippen molar-refractivity contribution in [3.63, 3.8) is 0 Å². The second-order valence-electron chi connectivity index (χ2n) is 11.5. The van der Waals surface area contributed by atoms with Crippen molar-refractivity contribution in [2.45, 2.75) is 52.4 Å². The van der Waals surface area contributed by atoms with Crippen LogP contribution in [0, 0.1) is 0 Å². The topological polar surface area (TPSA) is 60.2 Å². The van der Waals surface area contributed by atoms with Gasteiger partial charge in [-0.3, -0.25) is 0 Å². The van der Waals surface area contributed by atoms with Crippen LogP contribution < -0.4 is 4.74 Å². The number of pyridine rings is 1. The Hall–Kier alpha value is -4.12. The fourth-order valence-corrected chi connectivity index (χ4v) is 4.48. The van der Waals surface area contributed by atoms with Crippen LogP contribution in [-0.4, -0.2) is 19.9 Å². The van der Waals surface area contributed by atoms with Gasteiger partial charge >= 0.3 is 0 Å². The van der Waals surface area contributed by atoms with Gasteiger partial charge in [0, 0.05) is 28.8 Å². The molecule has 5 nitrogen and oxygen atoms in total. The maximum Gasteiger partial charge on any atom is 0.219 e. The Labute approximate surface area is 218 Å². The zero-order valence-electron chi connectivity index (χ0n) is 22.3. The summed E-state index contributed by atoms with van der Waals surface area (Å²) in [5.41, 5.74) is 5.08. The highest BCUT2D eigenvalue weighted by atomic mass is 16.5. The van der Waals surface area contributed by atoms with Crippen LogP contribution in [0.4, 0.5) is 0 Å². The molecule has 2 aromatic heterocycles. The van der Waals surface area contributed by atoms with Crippen LogP contribution in [0.5, 0.6) is 17.4 Å². The molecule has 5 rings (SSSR count). The third kappa shape index (κ3) is 4.82. The van der Waals surface area contributed by atoms with Gasteiger partial charge in [0.15, 0.2) is 0 Å². The predicted octanol–water partition coefficient (Wildman–Crippen LogP) is 8.18. The van der Waals surface area contributed by atoms with E-state index in [4.69, 9.17) is 9.84 Å². The van der Waals surface area contributed by atoms with Gasteiger partial charge in [-0.05, 0) is 46.7 Å². The SMILES string of the molecule is CC(C)(C)c1cc(-n2nc(-c3cccc(Oc4ccccn4)c3)c3ccccc32)c(O)c(C(C)(C)C)c1. The smallest absolute Gasteiger partial charge is 0.219 e. The van der Waals surface area contributed by atoms with Gasteiger partial charge in [0.25, 0.3) is 0 Å². The van der Waals surface area contributed by atoms with E-state index < -0.39 is 0 Å².